The Bertz CT molecular complexity index is 3860. The average Bonchev–Trinajstić information content (AvgIpc) is 0.958. The molecule has 15 atom stereocenters. The number of amides is 14. The number of aromatic nitrogens is 2. The highest BCUT2D eigenvalue weighted by molar-refractivity contribution is 7.98. The molecule has 0 spiro atoms. The van der Waals surface area contributed by atoms with Gasteiger partial charge in [0.05, 0.1) is 25.5 Å². The molecular weight excluding hydrogens is 1580 g/mol. The maximum Gasteiger partial charge on any atom is 0.325 e. The fraction of sp³-hybridized carbons (Fsp3) is 0.590. The number of imidazole rings is 1. The van der Waals surface area contributed by atoms with Crippen LogP contribution >= 0.6 is 24.4 Å². The maximum absolute atomic E-state index is 14.7. The largest absolute Gasteiger partial charge is 0.480 e. The number of carbonyl (C=O) groups excluding carboxylic acids is 14. The van der Waals surface area contributed by atoms with Gasteiger partial charge >= 0.3 is 5.97 Å². The van der Waals surface area contributed by atoms with Crippen molar-refractivity contribution in [3.05, 3.63) is 90.0 Å². The molecular formula is C78H125N23O16S2. The summed E-state index contributed by atoms with van der Waals surface area (Å²) in [5, 5.41) is 45.8. The summed E-state index contributed by atoms with van der Waals surface area (Å²) in [6, 6.07) is 0.444. The van der Waals surface area contributed by atoms with E-state index in [0.717, 1.165) is 0 Å². The lowest BCUT2D eigenvalue weighted by atomic mass is 9.94. The molecule has 0 aliphatic heterocycles. The molecule has 0 aliphatic rings. The van der Waals surface area contributed by atoms with Crippen molar-refractivity contribution in [3.63, 3.8) is 0 Å². The molecule has 0 saturated heterocycles. The molecule has 3 aromatic rings. The molecule has 39 nitrogen and oxygen atoms in total. The highest BCUT2D eigenvalue weighted by Gasteiger charge is 2.38. The first kappa shape index (κ1) is 102. The number of benzene rings is 2. The Morgan fingerprint density at radius 1 is 0.454 bits per heavy atom. The maximum atomic E-state index is 14.7. The van der Waals surface area contributed by atoms with Gasteiger partial charge in [-0.25, -0.2) is 4.98 Å². The molecule has 3 rings (SSSR count). The third-order valence-electron chi connectivity index (χ3n) is 19.0. The van der Waals surface area contributed by atoms with Crippen LogP contribution in [0, 0.1) is 23.7 Å². The minimum atomic E-state index is -1.47. The second-order valence-electron chi connectivity index (χ2n) is 30.0. The number of rotatable bonds is 55. The number of carboxylic acid groups (broad SMARTS) is 1. The minimum absolute atomic E-state index is 0.0219. The molecule has 26 N–H and O–H groups in total. The van der Waals surface area contributed by atoms with Gasteiger partial charge in [0.25, 0.3) is 0 Å². The molecule has 1 heterocycles. The lowest BCUT2D eigenvalue weighted by molar-refractivity contribution is -0.141. The SMILES string of the molecule is CC[C@H](C)[C@H](NC(=O)[C@H](CC(C)C)NC(=O)[C@H](Cc1ccccc1)NC(=O)[C@@H](N)Cc1cnc[nH]1)C(=O)N[C@H](C(=O)NCC(=O)N[C@@H](Cc1ccccc1)C(=O)N[C@@H](CCSC)C(=O)N[C@@H](CCCN=C(N)N)C(=O)N[C@@H](CCCN=C(N)N)C(=O)N[C@@H](C)C(=O)N[C@@H](CC(C)C)C(=O)N[C@@H](CS)C(=O)NCC(=O)N[C@@H](C)C(=O)O)[C@@H](C)CC. The van der Waals surface area contributed by atoms with Crippen molar-refractivity contribution in [3.8, 4) is 0 Å². The molecule has 0 saturated carbocycles. The summed E-state index contributed by atoms with van der Waals surface area (Å²) in [5.41, 5.74) is 30.6. The number of hydrogen-bond acceptors (Lipinski definition) is 21. The quantitative estimate of drug-likeness (QED) is 0.0115. The van der Waals surface area contributed by atoms with E-state index in [4.69, 9.17) is 33.8 Å². The van der Waals surface area contributed by atoms with Crippen LogP contribution in [0.15, 0.2) is 83.2 Å². The molecule has 0 unspecified atom stereocenters. The van der Waals surface area contributed by atoms with E-state index in [9.17, 15) is 71.9 Å². The van der Waals surface area contributed by atoms with E-state index in [-0.39, 0.29) is 113 Å². The van der Waals surface area contributed by atoms with Gasteiger partial charge in [-0.05, 0) is 106 Å². The number of H-pyrrole nitrogens is 1. The zero-order valence-electron chi connectivity index (χ0n) is 69.6. The molecule has 2 aromatic carbocycles. The van der Waals surface area contributed by atoms with Gasteiger partial charge in [-0.3, -0.25) is 81.9 Å². The monoisotopic (exact) mass is 1700 g/mol. The van der Waals surface area contributed by atoms with E-state index < -0.39 is 192 Å². The Labute approximate surface area is 704 Å². The van der Waals surface area contributed by atoms with Crippen molar-refractivity contribution >= 4 is 125 Å². The number of nitrogens with zero attached hydrogens (tertiary/aromatic N) is 3. The van der Waals surface area contributed by atoms with Gasteiger partial charge in [-0.1, -0.05) is 129 Å². The Balaban J connectivity index is 1.90. The second-order valence-corrected chi connectivity index (χ2v) is 31.3. The van der Waals surface area contributed by atoms with Crippen LogP contribution in [0.2, 0.25) is 0 Å². The van der Waals surface area contributed by atoms with Crippen molar-refractivity contribution in [1.29, 1.82) is 0 Å². The Kier molecular flexibility index (Phi) is 46.4. The molecule has 41 heteroatoms. The predicted octanol–water partition coefficient (Wildman–Crippen LogP) is -3.09. The number of aliphatic carboxylic acids is 1. The molecule has 660 valence electrons. The van der Waals surface area contributed by atoms with Crippen molar-refractivity contribution in [2.24, 2.45) is 62.3 Å². The molecule has 0 fully saturated rings. The van der Waals surface area contributed by atoms with Crippen molar-refractivity contribution < 1.29 is 77.0 Å². The zero-order valence-corrected chi connectivity index (χ0v) is 71.3. The van der Waals surface area contributed by atoms with Crippen LogP contribution in [-0.2, 0) is 91.2 Å². The fourth-order valence-electron chi connectivity index (χ4n) is 11.9. The van der Waals surface area contributed by atoms with Crippen molar-refractivity contribution in [2.45, 2.75) is 225 Å². The number of thioether (sulfide) groups is 1. The first-order valence-corrected chi connectivity index (χ1v) is 41.8. The van der Waals surface area contributed by atoms with Crippen LogP contribution in [0.5, 0.6) is 0 Å². The van der Waals surface area contributed by atoms with Gasteiger partial charge in [0, 0.05) is 50.0 Å². The number of carbonyl (C=O) groups is 15. The minimum Gasteiger partial charge on any atom is -0.480 e. The summed E-state index contributed by atoms with van der Waals surface area (Å²) >= 11 is 5.49. The summed E-state index contributed by atoms with van der Waals surface area (Å²) in [7, 11) is 0. The van der Waals surface area contributed by atoms with Gasteiger partial charge in [0.1, 0.15) is 72.5 Å². The molecule has 1 aromatic heterocycles. The van der Waals surface area contributed by atoms with Gasteiger partial charge in [0.15, 0.2) is 11.9 Å². The Hall–Kier alpha value is -11.1. The van der Waals surface area contributed by atoms with Crippen LogP contribution in [0.1, 0.15) is 144 Å². The van der Waals surface area contributed by atoms with Crippen LogP contribution in [0.3, 0.4) is 0 Å². The number of aliphatic imine (C=N–C) groups is 2. The van der Waals surface area contributed by atoms with Gasteiger partial charge in [-0.15, -0.1) is 0 Å². The highest BCUT2D eigenvalue weighted by Crippen LogP contribution is 2.17. The van der Waals surface area contributed by atoms with E-state index in [0.29, 0.717) is 29.7 Å². The highest BCUT2D eigenvalue weighted by atomic mass is 32.2. The van der Waals surface area contributed by atoms with E-state index in [1.807, 2.05) is 13.8 Å². The van der Waals surface area contributed by atoms with Gasteiger partial charge < -0.3 is 113 Å². The first-order valence-electron chi connectivity index (χ1n) is 39.7. The van der Waals surface area contributed by atoms with Gasteiger partial charge in [0.2, 0.25) is 82.7 Å². The number of nitrogens with one attached hydrogen (secondary N) is 15. The zero-order chi connectivity index (χ0) is 89.0. The van der Waals surface area contributed by atoms with E-state index in [1.165, 1.54) is 38.1 Å². The average molecular weight is 1710 g/mol. The van der Waals surface area contributed by atoms with Gasteiger partial charge in [-0.2, -0.15) is 24.4 Å². The number of guanidine groups is 2. The molecule has 0 bridgehead atoms. The summed E-state index contributed by atoms with van der Waals surface area (Å²) < 4.78 is 0. The van der Waals surface area contributed by atoms with Crippen LogP contribution in [0.4, 0.5) is 0 Å². The summed E-state index contributed by atoms with van der Waals surface area (Å²) in [4.78, 5) is 223. The molecule has 0 aliphatic carbocycles. The smallest absolute Gasteiger partial charge is 0.325 e. The Morgan fingerprint density at radius 2 is 0.849 bits per heavy atom. The normalized spacial score (nSPS) is 14.9. The summed E-state index contributed by atoms with van der Waals surface area (Å²) in [6.07, 6.45) is 5.42. The fourth-order valence-corrected chi connectivity index (χ4v) is 12.6. The molecule has 14 amide bonds. The third-order valence-corrected chi connectivity index (χ3v) is 20.0. The second kappa shape index (κ2) is 54.1. The standard InChI is InChI=1S/C78H125N23O16S2/c1-12-44(7)62(101-75(115)63(45(8)13-2)100-73(113)56(33-43(5)6)98-72(112)58(35-49-24-18-15-19-25-49)97-65(105)51(79)36-50-37-84-41-89-50)74(114)88-39-61(103)92-57(34-48-22-16-14-17-23-48)71(111)95-54(28-31-119-11)69(109)94-53(27-21-30-86-78(82)83)68(108)93-52(26-20-29-85-77(80)81)67(107)91-46(9)64(104)96-55(32-42(3)4)70(110)99-59(40-118)66(106)87-38-60(102)90-47(10)76(116)117/h14-19,22-25,37,41-47,51-59,62-63,118H,12-13,20-21,26-36,38-40,79H2,1-11H3,(H,84,89)(H,87,106)(H,88,114)(H,90,102)(H,91,107)(H,92,103)(H,93,108)(H,94,109)(H,95,111)(H,96,104)(H,97,105)(H,98,112)(H,99,110)(H,100,113)(H,101,115)(H,116,117)(H4,80,81,85)(H4,82,83,86)/t44-,45-,46-,47-,51-,52-,53-,54-,55-,56-,57-,58-,59-,62-,63-/m0/s1. The number of nitrogens with two attached hydrogens (primary N) is 5. The topological polar surface area (TPSA) is 628 Å². The number of aromatic amines is 1. The number of hydrogen-bond donors (Lipinski definition) is 22. The Morgan fingerprint density at radius 3 is 1.29 bits per heavy atom. The van der Waals surface area contributed by atoms with Crippen molar-refractivity contribution in [2.75, 3.05) is 43.9 Å². The van der Waals surface area contributed by atoms with E-state index in [2.05, 4.69) is 107 Å². The number of thiol groups is 1. The van der Waals surface area contributed by atoms with Crippen molar-refractivity contribution in [1.82, 2.24) is 84.4 Å². The molecule has 0 radical (unpaired) electrons. The van der Waals surface area contributed by atoms with E-state index in [1.54, 1.807) is 108 Å². The van der Waals surface area contributed by atoms with Crippen LogP contribution < -0.4 is 103 Å². The third kappa shape index (κ3) is 38.9. The van der Waals surface area contributed by atoms with E-state index >= 15 is 0 Å². The molecule has 119 heavy (non-hydrogen) atoms. The summed E-state index contributed by atoms with van der Waals surface area (Å²) in [6.45, 7) is 15.3. The predicted molar refractivity (Wildman–Crippen MR) is 453 cm³/mol. The van der Waals surface area contributed by atoms with Crippen LogP contribution in [-0.4, -0.2) is 238 Å². The lowest BCUT2D eigenvalue weighted by Crippen LogP contribution is -2.61. The lowest BCUT2D eigenvalue weighted by Gasteiger charge is -2.30. The van der Waals surface area contributed by atoms with Crippen LogP contribution in [0.25, 0.3) is 0 Å². The number of carboxylic acids is 1. The first-order chi connectivity index (χ1) is 56.3. The summed E-state index contributed by atoms with van der Waals surface area (Å²) in [5.74, 6) is -14.6.